The SMILES string of the molecule is CC1(C)CCCN(CCCCl)C1. The zero-order chi connectivity index (χ0) is 9.03. The van der Waals surface area contributed by atoms with E-state index in [1.165, 1.54) is 32.5 Å². The van der Waals surface area contributed by atoms with Crippen LogP contribution in [0.1, 0.15) is 33.1 Å². The number of hydrogen-bond donors (Lipinski definition) is 0. The Kier molecular flexibility index (Phi) is 3.85. The Labute approximate surface area is 81.1 Å². The Morgan fingerprint density at radius 2 is 2.17 bits per heavy atom. The second kappa shape index (κ2) is 4.48. The molecule has 2 heteroatoms. The third-order valence-corrected chi connectivity index (χ3v) is 2.85. The van der Waals surface area contributed by atoms with Crippen molar-refractivity contribution < 1.29 is 0 Å². The monoisotopic (exact) mass is 189 g/mol. The van der Waals surface area contributed by atoms with Gasteiger partial charge in [0.25, 0.3) is 0 Å². The highest BCUT2D eigenvalue weighted by atomic mass is 35.5. The smallest absolute Gasteiger partial charge is 0.0235 e. The molecule has 12 heavy (non-hydrogen) atoms. The summed E-state index contributed by atoms with van der Waals surface area (Å²) in [6.07, 6.45) is 3.87. The lowest BCUT2D eigenvalue weighted by Crippen LogP contribution is -2.40. The second-order valence-electron chi connectivity index (χ2n) is 4.59. The molecule has 1 aliphatic heterocycles. The van der Waals surface area contributed by atoms with E-state index >= 15 is 0 Å². The van der Waals surface area contributed by atoms with E-state index in [4.69, 9.17) is 11.6 Å². The maximum atomic E-state index is 5.67. The van der Waals surface area contributed by atoms with E-state index in [0.29, 0.717) is 5.41 Å². The molecule has 0 aliphatic carbocycles. The molecule has 1 fully saturated rings. The van der Waals surface area contributed by atoms with E-state index in [1.54, 1.807) is 0 Å². The summed E-state index contributed by atoms with van der Waals surface area (Å²) in [6, 6.07) is 0. The van der Waals surface area contributed by atoms with Gasteiger partial charge < -0.3 is 4.90 Å². The molecule has 0 bridgehead atoms. The number of nitrogens with zero attached hydrogens (tertiary/aromatic N) is 1. The van der Waals surface area contributed by atoms with Crippen molar-refractivity contribution in [3.05, 3.63) is 0 Å². The fourth-order valence-corrected chi connectivity index (χ4v) is 2.14. The average Bonchev–Trinajstić information content (AvgIpc) is 1.99. The molecule has 1 aliphatic rings. The first kappa shape index (κ1) is 10.3. The molecule has 0 amide bonds. The van der Waals surface area contributed by atoms with Crippen molar-refractivity contribution in [2.24, 2.45) is 5.41 Å². The molecular weight excluding hydrogens is 170 g/mol. The Bertz CT molecular complexity index is 134. The summed E-state index contributed by atoms with van der Waals surface area (Å²) in [4.78, 5) is 2.55. The Balaban J connectivity index is 2.26. The maximum absolute atomic E-state index is 5.67. The van der Waals surface area contributed by atoms with Gasteiger partial charge in [-0.2, -0.15) is 0 Å². The largest absolute Gasteiger partial charge is 0.303 e. The normalized spacial score (nSPS) is 24.2. The first-order chi connectivity index (χ1) is 5.64. The molecule has 0 N–H and O–H groups in total. The van der Waals surface area contributed by atoms with E-state index in [9.17, 15) is 0 Å². The van der Waals surface area contributed by atoms with Gasteiger partial charge in [-0.05, 0) is 37.8 Å². The molecular formula is C10H20ClN. The van der Waals surface area contributed by atoms with Gasteiger partial charge in [0.15, 0.2) is 0 Å². The van der Waals surface area contributed by atoms with Crippen molar-refractivity contribution in [1.29, 1.82) is 0 Å². The second-order valence-corrected chi connectivity index (χ2v) is 4.96. The first-order valence-corrected chi connectivity index (χ1v) is 5.46. The lowest BCUT2D eigenvalue weighted by Gasteiger charge is -2.37. The van der Waals surface area contributed by atoms with Crippen LogP contribution in [-0.2, 0) is 0 Å². The minimum absolute atomic E-state index is 0.532. The van der Waals surface area contributed by atoms with Crippen molar-refractivity contribution in [3.8, 4) is 0 Å². The molecule has 0 aromatic carbocycles. The molecule has 0 radical (unpaired) electrons. The van der Waals surface area contributed by atoms with Gasteiger partial charge in [-0.15, -0.1) is 11.6 Å². The molecule has 0 spiro atoms. The van der Waals surface area contributed by atoms with Gasteiger partial charge in [-0.1, -0.05) is 13.8 Å². The number of hydrogen-bond acceptors (Lipinski definition) is 1. The van der Waals surface area contributed by atoms with Crippen molar-refractivity contribution in [1.82, 2.24) is 4.90 Å². The highest BCUT2D eigenvalue weighted by molar-refractivity contribution is 6.17. The summed E-state index contributed by atoms with van der Waals surface area (Å²) in [7, 11) is 0. The molecule has 0 unspecified atom stereocenters. The Morgan fingerprint density at radius 3 is 2.75 bits per heavy atom. The van der Waals surface area contributed by atoms with Crippen LogP contribution < -0.4 is 0 Å². The Morgan fingerprint density at radius 1 is 1.42 bits per heavy atom. The predicted molar refractivity (Wildman–Crippen MR) is 54.8 cm³/mol. The van der Waals surface area contributed by atoms with Crippen LogP contribution in [0.3, 0.4) is 0 Å². The van der Waals surface area contributed by atoms with Crippen molar-refractivity contribution in [3.63, 3.8) is 0 Å². The average molecular weight is 190 g/mol. The van der Waals surface area contributed by atoms with Gasteiger partial charge in [0.2, 0.25) is 0 Å². The first-order valence-electron chi connectivity index (χ1n) is 4.92. The van der Waals surface area contributed by atoms with Crippen LogP contribution in [-0.4, -0.2) is 30.4 Å². The molecule has 72 valence electrons. The van der Waals surface area contributed by atoms with E-state index in [-0.39, 0.29) is 0 Å². The Hall–Kier alpha value is 0.250. The minimum Gasteiger partial charge on any atom is -0.303 e. The minimum atomic E-state index is 0.532. The number of halogens is 1. The molecule has 1 nitrogen and oxygen atoms in total. The third-order valence-electron chi connectivity index (χ3n) is 2.59. The molecule has 1 rings (SSSR count). The van der Waals surface area contributed by atoms with Gasteiger partial charge in [-0.25, -0.2) is 0 Å². The van der Waals surface area contributed by atoms with Crippen molar-refractivity contribution in [2.75, 3.05) is 25.5 Å². The molecule has 1 heterocycles. The molecule has 1 saturated heterocycles. The lowest BCUT2D eigenvalue weighted by atomic mass is 9.84. The fourth-order valence-electron chi connectivity index (χ4n) is 2.02. The van der Waals surface area contributed by atoms with Crippen LogP contribution in [0.2, 0.25) is 0 Å². The van der Waals surface area contributed by atoms with Crippen LogP contribution in [0.5, 0.6) is 0 Å². The van der Waals surface area contributed by atoms with Gasteiger partial charge in [0.05, 0.1) is 0 Å². The van der Waals surface area contributed by atoms with Crippen LogP contribution >= 0.6 is 11.6 Å². The standard InChI is InChI=1S/C10H20ClN/c1-10(2)5-3-7-12(9-10)8-4-6-11/h3-9H2,1-2H3. The van der Waals surface area contributed by atoms with Crippen LogP contribution in [0, 0.1) is 5.41 Å². The van der Waals surface area contributed by atoms with E-state index in [1.807, 2.05) is 0 Å². The van der Waals surface area contributed by atoms with Gasteiger partial charge >= 0.3 is 0 Å². The molecule has 0 aromatic rings. The highest BCUT2D eigenvalue weighted by Crippen LogP contribution is 2.28. The number of rotatable bonds is 3. The van der Waals surface area contributed by atoms with Crippen molar-refractivity contribution in [2.45, 2.75) is 33.1 Å². The fraction of sp³-hybridized carbons (Fsp3) is 1.00. The summed E-state index contributed by atoms with van der Waals surface area (Å²) in [6.45, 7) is 8.44. The zero-order valence-electron chi connectivity index (χ0n) is 8.27. The topological polar surface area (TPSA) is 3.24 Å². The molecule has 0 saturated carbocycles. The van der Waals surface area contributed by atoms with Gasteiger partial charge in [0.1, 0.15) is 0 Å². The summed E-state index contributed by atoms with van der Waals surface area (Å²) in [5.74, 6) is 0.803. The van der Waals surface area contributed by atoms with E-state index in [2.05, 4.69) is 18.7 Å². The summed E-state index contributed by atoms with van der Waals surface area (Å²) >= 11 is 5.67. The van der Waals surface area contributed by atoms with Crippen LogP contribution in [0.4, 0.5) is 0 Å². The number of alkyl halides is 1. The summed E-state index contributed by atoms with van der Waals surface area (Å²) in [5.41, 5.74) is 0.532. The third kappa shape index (κ3) is 3.32. The van der Waals surface area contributed by atoms with Crippen LogP contribution in [0.25, 0.3) is 0 Å². The quantitative estimate of drug-likeness (QED) is 0.618. The zero-order valence-corrected chi connectivity index (χ0v) is 9.03. The number of piperidine rings is 1. The van der Waals surface area contributed by atoms with Gasteiger partial charge in [-0.3, -0.25) is 0 Å². The maximum Gasteiger partial charge on any atom is 0.0235 e. The number of likely N-dealkylation sites (tertiary alicyclic amines) is 1. The van der Waals surface area contributed by atoms with Gasteiger partial charge in [0, 0.05) is 12.4 Å². The van der Waals surface area contributed by atoms with E-state index < -0.39 is 0 Å². The van der Waals surface area contributed by atoms with Crippen molar-refractivity contribution >= 4 is 11.6 Å². The van der Waals surface area contributed by atoms with Crippen LogP contribution in [0.15, 0.2) is 0 Å². The summed E-state index contributed by atoms with van der Waals surface area (Å²) in [5, 5.41) is 0. The lowest BCUT2D eigenvalue weighted by molar-refractivity contribution is 0.118. The molecule has 0 aromatic heterocycles. The molecule has 0 atom stereocenters. The van der Waals surface area contributed by atoms with E-state index in [0.717, 1.165) is 12.3 Å². The predicted octanol–water partition coefficient (Wildman–Crippen LogP) is 2.74. The summed E-state index contributed by atoms with van der Waals surface area (Å²) < 4.78 is 0. The highest BCUT2D eigenvalue weighted by Gasteiger charge is 2.25.